The molecule has 5 nitrogen and oxygen atoms in total. The molecule has 146 valence electrons. The van der Waals surface area contributed by atoms with E-state index in [0.29, 0.717) is 23.9 Å². The van der Waals surface area contributed by atoms with Crippen LogP contribution in [0.15, 0.2) is 59.6 Å². The van der Waals surface area contributed by atoms with Gasteiger partial charge in [-0.3, -0.25) is 4.79 Å². The first kappa shape index (κ1) is 20.5. The lowest BCUT2D eigenvalue weighted by Crippen LogP contribution is -2.26. The number of ether oxygens (including phenoxy) is 1. The second kappa shape index (κ2) is 10.3. The monoisotopic (exact) mass is 415 g/mol. The van der Waals surface area contributed by atoms with Crippen LogP contribution in [0, 0.1) is 0 Å². The first-order valence-electron chi connectivity index (χ1n) is 8.97. The number of carbonyl (C=O) groups excluding carboxylic acids is 1. The standard InChI is InChI=1S/C21H22ClN3O2S/c1-27-12-6-11-23-18(26)14-28-21-19(15-7-3-2-4-8-15)24-20(25-21)16-9-5-10-17(22)13-16/h2-5,7-10,13H,6,11-12,14H2,1H3,(H,23,26)(H,24,25). The van der Waals surface area contributed by atoms with E-state index in [2.05, 4.69) is 10.3 Å². The van der Waals surface area contributed by atoms with Gasteiger partial charge in [0.2, 0.25) is 5.91 Å². The maximum absolute atomic E-state index is 12.1. The van der Waals surface area contributed by atoms with Crippen LogP contribution in [-0.2, 0) is 9.53 Å². The van der Waals surface area contributed by atoms with Gasteiger partial charge in [0.1, 0.15) is 10.9 Å². The number of halogens is 1. The van der Waals surface area contributed by atoms with Crippen LogP contribution in [0.1, 0.15) is 6.42 Å². The third-order valence-electron chi connectivity index (χ3n) is 4.02. The molecule has 2 aromatic carbocycles. The molecule has 0 atom stereocenters. The number of nitrogens with zero attached hydrogens (tertiary/aromatic N) is 1. The average molecular weight is 416 g/mol. The highest BCUT2D eigenvalue weighted by atomic mass is 35.5. The highest BCUT2D eigenvalue weighted by molar-refractivity contribution is 8.00. The number of aromatic nitrogens is 2. The molecule has 0 aliphatic heterocycles. The average Bonchev–Trinajstić information content (AvgIpc) is 3.15. The molecule has 0 spiro atoms. The van der Waals surface area contributed by atoms with Crippen LogP contribution < -0.4 is 5.32 Å². The van der Waals surface area contributed by atoms with E-state index in [0.717, 1.165) is 34.1 Å². The molecule has 2 N–H and O–H groups in total. The van der Waals surface area contributed by atoms with E-state index in [9.17, 15) is 4.79 Å². The Morgan fingerprint density at radius 2 is 1.96 bits per heavy atom. The summed E-state index contributed by atoms with van der Waals surface area (Å²) in [5.41, 5.74) is 2.82. The number of benzene rings is 2. The first-order chi connectivity index (χ1) is 13.7. The van der Waals surface area contributed by atoms with Crippen molar-refractivity contribution in [1.29, 1.82) is 0 Å². The van der Waals surface area contributed by atoms with Gasteiger partial charge in [0, 0.05) is 36.4 Å². The van der Waals surface area contributed by atoms with Crippen molar-refractivity contribution in [1.82, 2.24) is 15.3 Å². The van der Waals surface area contributed by atoms with Crippen LogP contribution >= 0.6 is 23.4 Å². The smallest absolute Gasteiger partial charge is 0.230 e. The van der Waals surface area contributed by atoms with Gasteiger partial charge in [-0.25, -0.2) is 4.98 Å². The van der Waals surface area contributed by atoms with Crippen molar-refractivity contribution in [2.45, 2.75) is 11.4 Å². The number of H-pyrrole nitrogens is 1. The molecule has 0 aliphatic rings. The Balaban J connectivity index is 1.78. The number of hydrogen-bond acceptors (Lipinski definition) is 4. The van der Waals surface area contributed by atoms with E-state index in [1.54, 1.807) is 7.11 Å². The SMILES string of the molecule is COCCCNC(=O)CSc1nc(-c2cccc(Cl)c2)[nH]c1-c1ccccc1. The number of imidazole rings is 1. The van der Waals surface area contributed by atoms with Crippen molar-refractivity contribution in [3.63, 3.8) is 0 Å². The highest BCUT2D eigenvalue weighted by Gasteiger charge is 2.15. The lowest BCUT2D eigenvalue weighted by molar-refractivity contribution is -0.118. The van der Waals surface area contributed by atoms with E-state index in [1.807, 2.05) is 54.6 Å². The number of methoxy groups -OCH3 is 1. The van der Waals surface area contributed by atoms with Gasteiger partial charge < -0.3 is 15.0 Å². The molecule has 7 heteroatoms. The normalized spacial score (nSPS) is 10.8. The molecule has 1 heterocycles. The fourth-order valence-electron chi connectivity index (χ4n) is 2.66. The Kier molecular flexibility index (Phi) is 7.54. The summed E-state index contributed by atoms with van der Waals surface area (Å²) < 4.78 is 4.99. The second-order valence-electron chi connectivity index (χ2n) is 6.13. The number of thioether (sulfide) groups is 1. The molecule has 1 aromatic heterocycles. The minimum absolute atomic E-state index is 0.0209. The number of aromatic amines is 1. The van der Waals surface area contributed by atoms with Gasteiger partial charge in [0.05, 0.1) is 11.4 Å². The van der Waals surface area contributed by atoms with Crippen LogP contribution in [0.25, 0.3) is 22.6 Å². The molecule has 1 amide bonds. The summed E-state index contributed by atoms with van der Waals surface area (Å²) in [6, 6.07) is 17.5. The number of nitrogens with one attached hydrogen (secondary N) is 2. The van der Waals surface area contributed by atoms with Crippen molar-refractivity contribution in [2.75, 3.05) is 26.0 Å². The minimum atomic E-state index is -0.0209. The maximum atomic E-state index is 12.1. The van der Waals surface area contributed by atoms with Crippen molar-refractivity contribution >= 4 is 29.3 Å². The Labute approximate surface area is 173 Å². The summed E-state index contributed by atoms with van der Waals surface area (Å²) in [6.45, 7) is 1.24. The fraction of sp³-hybridized carbons (Fsp3) is 0.238. The van der Waals surface area contributed by atoms with Crippen molar-refractivity contribution in [3.8, 4) is 22.6 Å². The lowest BCUT2D eigenvalue weighted by Gasteiger charge is -2.05. The van der Waals surface area contributed by atoms with E-state index in [-0.39, 0.29) is 5.91 Å². The van der Waals surface area contributed by atoms with Crippen molar-refractivity contribution < 1.29 is 9.53 Å². The van der Waals surface area contributed by atoms with Crippen LogP contribution in [0.5, 0.6) is 0 Å². The summed E-state index contributed by atoms with van der Waals surface area (Å²) in [5.74, 6) is 1.00. The summed E-state index contributed by atoms with van der Waals surface area (Å²) >= 11 is 7.54. The molecule has 3 rings (SSSR count). The van der Waals surface area contributed by atoms with E-state index in [1.165, 1.54) is 11.8 Å². The van der Waals surface area contributed by atoms with Crippen LogP contribution in [0.4, 0.5) is 0 Å². The molecule has 0 aliphatic carbocycles. The maximum Gasteiger partial charge on any atom is 0.230 e. The Hall–Kier alpha value is -2.28. The molecule has 0 radical (unpaired) electrons. The van der Waals surface area contributed by atoms with E-state index in [4.69, 9.17) is 21.3 Å². The Morgan fingerprint density at radius 3 is 2.71 bits per heavy atom. The molecular weight excluding hydrogens is 394 g/mol. The Bertz CT molecular complexity index is 915. The number of hydrogen-bond donors (Lipinski definition) is 2. The van der Waals surface area contributed by atoms with Gasteiger partial charge >= 0.3 is 0 Å². The summed E-state index contributed by atoms with van der Waals surface area (Å²) in [5, 5.41) is 4.34. The largest absolute Gasteiger partial charge is 0.385 e. The summed E-state index contributed by atoms with van der Waals surface area (Å²) in [4.78, 5) is 20.2. The molecule has 3 aromatic rings. The van der Waals surface area contributed by atoms with Gasteiger partial charge in [-0.15, -0.1) is 0 Å². The molecule has 0 saturated carbocycles. The zero-order valence-corrected chi connectivity index (χ0v) is 17.1. The molecule has 0 bridgehead atoms. The highest BCUT2D eigenvalue weighted by Crippen LogP contribution is 2.32. The van der Waals surface area contributed by atoms with Gasteiger partial charge in [-0.2, -0.15) is 0 Å². The Morgan fingerprint density at radius 1 is 1.18 bits per heavy atom. The van der Waals surface area contributed by atoms with Gasteiger partial charge in [-0.1, -0.05) is 65.8 Å². The second-order valence-corrected chi connectivity index (χ2v) is 7.53. The summed E-state index contributed by atoms with van der Waals surface area (Å²) in [6.07, 6.45) is 0.795. The van der Waals surface area contributed by atoms with Crippen molar-refractivity contribution in [3.05, 3.63) is 59.6 Å². The van der Waals surface area contributed by atoms with Gasteiger partial charge in [0.15, 0.2) is 0 Å². The fourth-order valence-corrected chi connectivity index (χ4v) is 3.69. The van der Waals surface area contributed by atoms with Crippen LogP contribution in [0.2, 0.25) is 5.02 Å². The predicted octanol–water partition coefficient (Wildman–Crippen LogP) is 4.64. The van der Waals surface area contributed by atoms with Gasteiger partial charge in [0.25, 0.3) is 0 Å². The third kappa shape index (κ3) is 5.61. The number of amides is 1. The molecule has 0 saturated heterocycles. The minimum Gasteiger partial charge on any atom is -0.385 e. The molecule has 28 heavy (non-hydrogen) atoms. The topological polar surface area (TPSA) is 67.0 Å². The predicted molar refractivity (Wildman–Crippen MR) is 115 cm³/mol. The van der Waals surface area contributed by atoms with Gasteiger partial charge in [-0.05, 0) is 18.6 Å². The zero-order valence-electron chi connectivity index (χ0n) is 15.6. The van der Waals surface area contributed by atoms with E-state index >= 15 is 0 Å². The van der Waals surface area contributed by atoms with Crippen LogP contribution in [-0.4, -0.2) is 41.9 Å². The first-order valence-corrected chi connectivity index (χ1v) is 10.3. The quantitative estimate of drug-likeness (QED) is 0.394. The molecule has 0 unspecified atom stereocenters. The molecular formula is C21H22ClN3O2S. The van der Waals surface area contributed by atoms with E-state index < -0.39 is 0 Å². The van der Waals surface area contributed by atoms with Crippen molar-refractivity contribution in [2.24, 2.45) is 0 Å². The number of rotatable bonds is 9. The zero-order chi connectivity index (χ0) is 19.8. The van der Waals surface area contributed by atoms with Crippen LogP contribution in [0.3, 0.4) is 0 Å². The molecule has 0 fully saturated rings. The summed E-state index contributed by atoms with van der Waals surface area (Å²) in [7, 11) is 1.65. The lowest BCUT2D eigenvalue weighted by atomic mass is 10.2. The number of carbonyl (C=O) groups is 1. The third-order valence-corrected chi connectivity index (χ3v) is 5.23.